The molecule has 0 aliphatic rings. The lowest BCUT2D eigenvalue weighted by Gasteiger charge is -2.11. The number of likely N-dealkylation sites (N-methyl/N-ethyl adjacent to an activating group) is 1. The van der Waals surface area contributed by atoms with Gasteiger partial charge in [0.1, 0.15) is 0 Å². The van der Waals surface area contributed by atoms with Gasteiger partial charge in [-0.15, -0.1) is 12.4 Å². The summed E-state index contributed by atoms with van der Waals surface area (Å²) in [5, 5.41) is 1.08. The van der Waals surface area contributed by atoms with Gasteiger partial charge in [0.2, 0.25) is 0 Å². The Kier molecular flexibility index (Phi) is 6.91. The molecule has 0 radical (unpaired) electrons. The smallest absolute Gasteiger partial charge is 0.183 e. The number of rotatable bonds is 6. The number of aromatic nitrogens is 1. The molecule has 1 heterocycles. The third-order valence-corrected chi connectivity index (χ3v) is 6.35. The van der Waals surface area contributed by atoms with Crippen molar-refractivity contribution in [2.75, 3.05) is 20.6 Å². The van der Waals surface area contributed by atoms with Crippen molar-refractivity contribution in [1.29, 1.82) is 0 Å². The highest BCUT2D eigenvalue weighted by atomic mass is 79.9. The van der Waals surface area contributed by atoms with Gasteiger partial charge in [-0.25, -0.2) is 8.42 Å². The van der Waals surface area contributed by atoms with Crippen molar-refractivity contribution in [3.8, 4) is 0 Å². The topological polar surface area (TPSA) is 53.2 Å². The number of fused-ring (bicyclic) bond motifs is 1. The second-order valence-electron chi connectivity index (χ2n) is 6.40. The number of hydrogen-bond donors (Lipinski definition) is 1. The molecule has 0 bridgehead atoms. The molecule has 0 spiro atoms. The van der Waals surface area contributed by atoms with Gasteiger partial charge in [-0.1, -0.05) is 34.1 Å². The highest BCUT2D eigenvalue weighted by Gasteiger charge is 2.20. The maximum absolute atomic E-state index is 12.8. The zero-order valence-corrected chi connectivity index (χ0v) is 17.9. The van der Waals surface area contributed by atoms with Crippen LogP contribution in [0.3, 0.4) is 0 Å². The van der Waals surface area contributed by atoms with Crippen LogP contribution in [0, 0.1) is 0 Å². The average molecular weight is 458 g/mol. The monoisotopic (exact) mass is 456 g/mol. The molecule has 0 saturated carbocycles. The third kappa shape index (κ3) is 4.68. The van der Waals surface area contributed by atoms with Crippen LogP contribution in [0.25, 0.3) is 10.9 Å². The highest BCUT2D eigenvalue weighted by Crippen LogP contribution is 2.29. The molecular formula is C19H22BrClN2O2S. The molecular weight excluding hydrogens is 436 g/mol. The number of nitrogens with one attached hydrogen (secondary N) is 1. The first kappa shape index (κ1) is 21.0. The van der Waals surface area contributed by atoms with Crippen molar-refractivity contribution >= 4 is 49.1 Å². The minimum atomic E-state index is -3.39. The van der Waals surface area contributed by atoms with Gasteiger partial charge < -0.3 is 9.88 Å². The Morgan fingerprint density at radius 2 is 1.77 bits per heavy atom. The Morgan fingerprint density at radius 1 is 1.08 bits per heavy atom. The molecule has 140 valence electrons. The van der Waals surface area contributed by atoms with Crippen molar-refractivity contribution in [1.82, 2.24) is 9.88 Å². The molecule has 0 aliphatic heterocycles. The van der Waals surface area contributed by atoms with Crippen LogP contribution in [0.2, 0.25) is 0 Å². The lowest BCUT2D eigenvalue weighted by atomic mass is 10.1. The van der Waals surface area contributed by atoms with E-state index in [1.54, 1.807) is 24.3 Å². The quantitative estimate of drug-likeness (QED) is 0.596. The first-order chi connectivity index (χ1) is 11.9. The van der Waals surface area contributed by atoms with E-state index in [0.29, 0.717) is 4.90 Å². The van der Waals surface area contributed by atoms with Gasteiger partial charge in [-0.05, 0) is 56.4 Å². The van der Waals surface area contributed by atoms with Crippen LogP contribution in [0.5, 0.6) is 0 Å². The Hall–Kier alpha value is -1.34. The molecule has 0 fully saturated rings. The number of hydrogen-bond acceptors (Lipinski definition) is 3. The molecule has 1 aromatic heterocycles. The number of halogens is 2. The van der Waals surface area contributed by atoms with Crippen molar-refractivity contribution in [3.63, 3.8) is 0 Å². The lowest BCUT2D eigenvalue weighted by molar-refractivity contribution is 0.414. The second kappa shape index (κ2) is 8.57. The van der Waals surface area contributed by atoms with E-state index in [0.717, 1.165) is 39.6 Å². The number of benzene rings is 2. The zero-order chi connectivity index (χ0) is 18.0. The van der Waals surface area contributed by atoms with Gasteiger partial charge in [0.05, 0.1) is 10.6 Å². The fourth-order valence-electron chi connectivity index (χ4n) is 2.92. The summed E-state index contributed by atoms with van der Waals surface area (Å²) in [5.41, 5.74) is 2.82. The lowest BCUT2D eigenvalue weighted by Crippen LogP contribution is -2.16. The zero-order valence-electron chi connectivity index (χ0n) is 14.7. The average Bonchev–Trinajstić information content (AvgIpc) is 2.89. The fourth-order valence-corrected chi connectivity index (χ4v) is 4.65. The predicted octanol–water partition coefficient (Wildman–Crippen LogP) is 4.43. The summed E-state index contributed by atoms with van der Waals surface area (Å²) in [4.78, 5) is 5.78. The molecule has 0 saturated heterocycles. The van der Waals surface area contributed by atoms with Gasteiger partial charge >= 0.3 is 0 Å². The maximum atomic E-state index is 12.8. The van der Waals surface area contributed by atoms with Crippen LogP contribution in [0.1, 0.15) is 11.3 Å². The molecule has 2 aromatic carbocycles. The molecule has 0 atom stereocenters. The molecule has 4 nitrogen and oxygen atoms in total. The Morgan fingerprint density at radius 3 is 2.42 bits per heavy atom. The number of sulfone groups is 1. The fraction of sp³-hybridized carbons (Fsp3) is 0.263. The number of nitrogens with zero attached hydrogens (tertiary/aromatic N) is 1. The van der Waals surface area contributed by atoms with Crippen LogP contribution in [0.15, 0.2) is 57.9 Å². The first-order valence-corrected chi connectivity index (χ1v) is 10.5. The van der Waals surface area contributed by atoms with Gasteiger partial charge in [0.15, 0.2) is 9.84 Å². The van der Waals surface area contributed by atoms with E-state index in [-0.39, 0.29) is 18.2 Å². The minimum absolute atomic E-state index is 0. The third-order valence-electron chi connectivity index (χ3n) is 4.20. The van der Waals surface area contributed by atoms with Gasteiger partial charge in [0, 0.05) is 27.6 Å². The minimum Gasteiger partial charge on any atom is -0.357 e. The molecule has 1 N–H and O–H groups in total. The summed E-state index contributed by atoms with van der Waals surface area (Å²) in [7, 11) is 0.649. The Labute approximate surface area is 169 Å². The Balaban J connectivity index is 0.00000243. The number of H-pyrrole nitrogens is 1. The van der Waals surface area contributed by atoms with E-state index in [1.165, 1.54) is 0 Å². The van der Waals surface area contributed by atoms with Gasteiger partial charge in [0.25, 0.3) is 0 Å². The largest absolute Gasteiger partial charge is 0.357 e. The van der Waals surface area contributed by atoms with Gasteiger partial charge in [-0.3, -0.25) is 0 Å². The van der Waals surface area contributed by atoms with E-state index < -0.39 is 9.84 Å². The summed E-state index contributed by atoms with van der Waals surface area (Å²) in [6, 6.07) is 14.6. The van der Waals surface area contributed by atoms with Crippen LogP contribution in [-0.2, 0) is 22.0 Å². The molecule has 0 amide bonds. The van der Waals surface area contributed by atoms with Crippen LogP contribution in [-0.4, -0.2) is 38.9 Å². The summed E-state index contributed by atoms with van der Waals surface area (Å²) in [5.74, 6) is -0.0218. The molecule has 3 rings (SSSR count). The normalized spacial score (nSPS) is 11.7. The standard InChI is InChI=1S/C19H21BrN2O2S.ClH/c1-22(2)11-10-16-17-12-14(20)8-9-18(17)21-19(16)13-25(23,24)15-6-4-3-5-7-15;/h3-9,12,21H,10-11,13H2,1-2H3;1H. The van der Waals surface area contributed by atoms with Crippen LogP contribution >= 0.6 is 28.3 Å². The predicted molar refractivity (Wildman–Crippen MR) is 113 cm³/mol. The molecule has 0 unspecified atom stereocenters. The van der Waals surface area contributed by atoms with E-state index in [2.05, 4.69) is 31.9 Å². The maximum Gasteiger partial charge on any atom is 0.183 e. The molecule has 7 heteroatoms. The summed E-state index contributed by atoms with van der Waals surface area (Å²) in [6.07, 6.45) is 0.795. The van der Waals surface area contributed by atoms with Crippen molar-refractivity contribution < 1.29 is 8.42 Å². The van der Waals surface area contributed by atoms with Crippen LogP contribution in [0.4, 0.5) is 0 Å². The van der Waals surface area contributed by atoms with E-state index in [1.807, 2.05) is 32.3 Å². The SMILES string of the molecule is CN(C)CCc1c(CS(=O)(=O)c2ccccc2)[nH]c2ccc(Br)cc12.Cl. The summed E-state index contributed by atoms with van der Waals surface area (Å²) in [6.45, 7) is 0.859. The van der Waals surface area contributed by atoms with E-state index in [4.69, 9.17) is 0 Å². The van der Waals surface area contributed by atoms with Gasteiger partial charge in [-0.2, -0.15) is 0 Å². The van der Waals surface area contributed by atoms with Crippen molar-refractivity contribution in [2.45, 2.75) is 17.1 Å². The summed E-state index contributed by atoms with van der Waals surface area (Å²) < 4.78 is 26.6. The second-order valence-corrected chi connectivity index (χ2v) is 9.30. The van der Waals surface area contributed by atoms with E-state index >= 15 is 0 Å². The molecule has 26 heavy (non-hydrogen) atoms. The van der Waals surface area contributed by atoms with Crippen molar-refractivity contribution in [3.05, 3.63) is 64.3 Å². The first-order valence-electron chi connectivity index (χ1n) is 8.08. The summed E-state index contributed by atoms with van der Waals surface area (Å²) >= 11 is 3.51. The van der Waals surface area contributed by atoms with Crippen molar-refractivity contribution in [2.24, 2.45) is 0 Å². The highest BCUT2D eigenvalue weighted by molar-refractivity contribution is 9.10. The molecule has 3 aromatic rings. The van der Waals surface area contributed by atoms with E-state index in [9.17, 15) is 8.42 Å². The Bertz CT molecular complexity index is 985. The molecule has 0 aliphatic carbocycles. The van der Waals surface area contributed by atoms with Crippen LogP contribution < -0.4 is 0 Å². The number of aromatic amines is 1.